The molecule has 0 bridgehead atoms. The fourth-order valence-electron chi connectivity index (χ4n) is 1.78. The third-order valence-electron chi connectivity index (χ3n) is 2.95. The van der Waals surface area contributed by atoms with Crippen molar-refractivity contribution in [1.82, 2.24) is 9.97 Å². The van der Waals surface area contributed by atoms with Crippen molar-refractivity contribution in [3.05, 3.63) is 41.2 Å². The Morgan fingerprint density at radius 3 is 2.37 bits per heavy atom. The summed E-state index contributed by atoms with van der Waals surface area (Å²) in [6.45, 7) is 6.21. The average molecular weight is 253 g/mol. The smallest absolute Gasteiger partial charge is 0.182 e. The number of benzene rings is 1. The van der Waals surface area contributed by atoms with Crippen LogP contribution in [0.3, 0.4) is 0 Å². The highest BCUT2D eigenvalue weighted by molar-refractivity contribution is 5.64. The van der Waals surface area contributed by atoms with Crippen LogP contribution in [0.5, 0.6) is 0 Å². The summed E-state index contributed by atoms with van der Waals surface area (Å²) in [4.78, 5) is 8.08. The molecule has 1 aromatic heterocycles. The maximum absolute atomic E-state index is 8.57. The standard InChI is InChI=1S/C14H15N5/c1-9-4-11(3)12(5-10(9)2)19-14-6-13(16-7-15)17-8-18-14/h4-6,8H,1-3H3,(H2,16,17,18,19). The van der Waals surface area contributed by atoms with Gasteiger partial charge in [0.05, 0.1) is 0 Å². The van der Waals surface area contributed by atoms with Crippen molar-refractivity contribution in [3.63, 3.8) is 0 Å². The number of nitriles is 1. The SMILES string of the molecule is Cc1cc(C)c(Nc2cc(NC#N)ncn2)cc1C. The van der Waals surface area contributed by atoms with Crippen molar-refractivity contribution in [2.75, 3.05) is 10.6 Å². The molecule has 1 heterocycles. The van der Waals surface area contributed by atoms with Crippen LogP contribution >= 0.6 is 0 Å². The first-order valence-electron chi connectivity index (χ1n) is 5.92. The van der Waals surface area contributed by atoms with Gasteiger partial charge in [0.1, 0.15) is 18.0 Å². The Kier molecular flexibility index (Phi) is 3.62. The molecular weight excluding hydrogens is 238 g/mol. The van der Waals surface area contributed by atoms with Gasteiger partial charge in [-0.05, 0) is 43.5 Å². The Bertz CT molecular complexity index is 643. The predicted molar refractivity (Wildman–Crippen MR) is 75.2 cm³/mol. The molecule has 0 fully saturated rings. The van der Waals surface area contributed by atoms with Crippen LogP contribution in [-0.4, -0.2) is 9.97 Å². The number of hydrogen-bond donors (Lipinski definition) is 2. The molecule has 96 valence electrons. The van der Waals surface area contributed by atoms with E-state index in [-0.39, 0.29) is 0 Å². The summed E-state index contributed by atoms with van der Waals surface area (Å²) in [7, 11) is 0. The Morgan fingerprint density at radius 1 is 0.947 bits per heavy atom. The Balaban J connectivity index is 2.29. The van der Waals surface area contributed by atoms with Crippen LogP contribution in [0.25, 0.3) is 0 Å². The summed E-state index contributed by atoms with van der Waals surface area (Å²) in [6, 6.07) is 5.91. The third kappa shape index (κ3) is 2.99. The maximum Gasteiger partial charge on any atom is 0.182 e. The van der Waals surface area contributed by atoms with Crippen LogP contribution in [0.4, 0.5) is 17.3 Å². The zero-order chi connectivity index (χ0) is 13.8. The zero-order valence-electron chi connectivity index (χ0n) is 11.2. The van der Waals surface area contributed by atoms with E-state index in [9.17, 15) is 0 Å². The summed E-state index contributed by atoms with van der Waals surface area (Å²) in [5.41, 5.74) is 4.64. The molecule has 5 heteroatoms. The second-order valence-corrected chi connectivity index (χ2v) is 4.40. The molecule has 0 amide bonds. The first-order valence-corrected chi connectivity index (χ1v) is 5.92. The fourth-order valence-corrected chi connectivity index (χ4v) is 1.78. The van der Waals surface area contributed by atoms with Crippen LogP contribution in [0.15, 0.2) is 24.5 Å². The molecule has 0 saturated carbocycles. The molecule has 0 aliphatic rings. The van der Waals surface area contributed by atoms with Gasteiger partial charge in [0.25, 0.3) is 0 Å². The molecule has 2 rings (SSSR count). The molecule has 2 N–H and O–H groups in total. The monoisotopic (exact) mass is 253 g/mol. The van der Waals surface area contributed by atoms with Gasteiger partial charge in [-0.3, -0.25) is 5.32 Å². The predicted octanol–water partition coefficient (Wildman–Crippen LogP) is 3.04. The number of nitrogens with zero attached hydrogens (tertiary/aromatic N) is 3. The minimum atomic E-state index is 0.474. The minimum Gasteiger partial charge on any atom is -0.340 e. The lowest BCUT2D eigenvalue weighted by Crippen LogP contribution is -2.00. The van der Waals surface area contributed by atoms with E-state index in [2.05, 4.69) is 46.6 Å². The van der Waals surface area contributed by atoms with E-state index < -0.39 is 0 Å². The minimum absolute atomic E-state index is 0.474. The van der Waals surface area contributed by atoms with E-state index in [1.54, 1.807) is 6.07 Å². The summed E-state index contributed by atoms with van der Waals surface area (Å²) < 4.78 is 0. The first kappa shape index (κ1) is 12.8. The third-order valence-corrected chi connectivity index (χ3v) is 2.95. The summed E-state index contributed by atoms with van der Waals surface area (Å²) >= 11 is 0. The van der Waals surface area contributed by atoms with Crippen molar-refractivity contribution < 1.29 is 0 Å². The number of aryl methyl sites for hydroxylation is 3. The lowest BCUT2D eigenvalue weighted by Gasteiger charge is -2.12. The second-order valence-electron chi connectivity index (χ2n) is 4.40. The first-order chi connectivity index (χ1) is 9.10. The summed E-state index contributed by atoms with van der Waals surface area (Å²) in [6.07, 6.45) is 3.25. The van der Waals surface area contributed by atoms with E-state index >= 15 is 0 Å². The van der Waals surface area contributed by atoms with Crippen molar-refractivity contribution in [2.45, 2.75) is 20.8 Å². The normalized spacial score (nSPS) is 9.79. The summed E-state index contributed by atoms with van der Waals surface area (Å²) in [5, 5.41) is 14.3. The highest BCUT2D eigenvalue weighted by atomic mass is 15.1. The van der Waals surface area contributed by atoms with Gasteiger partial charge in [0, 0.05) is 11.8 Å². The lowest BCUT2D eigenvalue weighted by molar-refractivity contribution is 1.16. The van der Waals surface area contributed by atoms with E-state index in [0.29, 0.717) is 11.6 Å². The topological polar surface area (TPSA) is 73.6 Å². The van der Waals surface area contributed by atoms with Crippen LogP contribution < -0.4 is 10.6 Å². The average Bonchev–Trinajstić information content (AvgIpc) is 2.37. The van der Waals surface area contributed by atoms with Gasteiger partial charge in [-0.15, -0.1) is 0 Å². The van der Waals surface area contributed by atoms with E-state index in [4.69, 9.17) is 5.26 Å². The fraction of sp³-hybridized carbons (Fsp3) is 0.214. The molecule has 0 unspecified atom stereocenters. The van der Waals surface area contributed by atoms with E-state index in [1.165, 1.54) is 17.5 Å². The Morgan fingerprint density at radius 2 is 1.63 bits per heavy atom. The van der Waals surface area contributed by atoms with Crippen molar-refractivity contribution in [3.8, 4) is 6.19 Å². The molecule has 0 radical (unpaired) electrons. The molecule has 19 heavy (non-hydrogen) atoms. The van der Waals surface area contributed by atoms with Crippen LogP contribution in [0.2, 0.25) is 0 Å². The van der Waals surface area contributed by atoms with Crippen molar-refractivity contribution >= 4 is 17.3 Å². The van der Waals surface area contributed by atoms with Crippen LogP contribution in [-0.2, 0) is 0 Å². The van der Waals surface area contributed by atoms with E-state index in [0.717, 1.165) is 11.3 Å². The quantitative estimate of drug-likeness (QED) is 0.649. The number of aromatic nitrogens is 2. The van der Waals surface area contributed by atoms with Gasteiger partial charge in [0.2, 0.25) is 0 Å². The Labute approximate surface area is 112 Å². The lowest BCUT2D eigenvalue weighted by atomic mass is 10.1. The molecular formula is C14H15N5. The number of nitrogens with one attached hydrogen (secondary N) is 2. The van der Waals surface area contributed by atoms with Gasteiger partial charge in [0.15, 0.2) is 6.19 Å². The number of hydrogen-bond acceptors (Lipinski definition) is 5. The van der Waals surface area contributed by atoms with Crippen molar-refractivity contribution in [2.24, 2.45) is 0 Å². The highest BCUT2D eigenvalue weighted by Crippen LogP contribution is 2.23. The molecule has 0 spiro atoms. The van der Waals surface area contributed by atoms with Gasteiger partial charge in [-0.1, -0.05) is 6.07 Å². The molecule has 2 aromatic rings. The van der Waals surface area contributed by atoms with Gasteiger partial charge in [-0.25, -0.2) is 9.97 Å². The van der Waals surface area contributed by atoms with Crippen molar-refractivity contribution in [1.29, 1.82) is 5.26 Å². The van der Waals surface area contributed by atoms with Crippen LogP contribution in [0, 0.1) is 32.2 Å². The highest BCUT2D eigenvalue weighted by Gasteiger charge is 2.04. The van der Waals surface area contributed by atoms with E-state index in [1.807, 2.05) is 13.1 Å². The van der Waals surface area contributed by atoms with Gasteiger partial charge < -0.3 is 5.32 Å². The molecule has 5 nitrogen and oxygen atoms in total. The molecule has 0 aliphatic carbocycles. The largest absolute Gasteiger partial charge is 0.340 e. The Hall–Kier alpha value is -2.61. The number of anilines is 3. The number of rotatable bonds is 3. The van der Waals surface area contributed by atoms with Gasteiger partial charge in [-0.2, -0.15) is 5.26 Å². The van der Waals surface area contributed by atoms with Crippen LogP contribution in [0.1, 0.15) is 16.7 Å². The van der Waals surface area contributed by atoms with Gasteiger partial charge >= 0.3 is 0 Å². The zero-order valence-corrected chi connectivity index (χ0v) is 11.2. The molecule has 0 atom stereocenters. The molecule has 0 aliphatic heterocycles. The summed E-state index contributed by atoms with van der Waals surface area (Å²) in [5.74, 6) is 1.13. The molecule has 0 saturated heterocycles. The molecule has 1 aromatic carbocycles. The second kappa shape index (κ2) is 5.36. The maximum atomic E-state index is 8.57.